The van der Waals surface area contributed by atoms with E-state index in [0.717, 1.165) is 11.1 Å². The second-order valence-corrected chi connectivity index (χ2v) is 9.92. The van der Waals surface area contributed by atoms with Crippen molar-refractivity contribution in [2.45, 2.75) is 45.2 Å². The molecule has 194 valence electrons. The molecule has 7 nitrogen and oxygen atoms in total. The number of hydrogen-bond donors (Lipinski definition) is 1. The predicted molar refractivity (Wildman–Crippen MR) is 141 cm³/mol. The standard InChI is InChI=1S/C29H32ClN3O4/c1-2-31-27(35)25(18-20-9-4-3-5-10-20)33(19-21-11-8-12-22(30)17-21)26(34)15-16-32-28(36)23-13-6-7-14-24(23)29(32)37/h3-12,17,23-25H,2,13-16,18-19H2,1H3,(H,31,35)/t23-,24+,25?. The minimum Gasteiger partial charge on any atom is -0.355 e. The van der Waals surface area contributed by atoms with Gasteiger partial charge in [0.1, 0.15) is 6.04 Å². The fourth-order valence-corrected chi connectivity index (χ4v) is 5.33. The van der Waals surface area contributed by atoms with Crippen molar-refractivity contribution in [3.63, 3.8) is 0 Å². The minimum atomic E-state index is -0.773. The third-order valence-corrected chi connectivity index (χ3v) is 7.25. The van der Waals surface area contributed by atoms with Crippen molar-refractivity contribution in [3.8, 4) is 0 Å². The van der Waals surface area contributed by atoms with Gasteiger partial charge in [-0.3, -0.25) is 24.1 Å². The quantitative estimate of drug-likeness (QED) is 0.381. The first-order valence-corrected chi connectivity index (χ1v) is 13.1. The number of carbonyl (C=O) groups is 4. The van der Waals surface area contributed by atoms with Gasteiger partial charge in [-0.15, -0.1) is 0 Å². The molecule has 0 bridgehead atoms. The van der Waals surface area contributed by atoms with Crippen LogP contribution < -0.4 is 5.32 Å². The summed E-state index contributed by atoms with van der Waals surface area (Å²) in [6.45, 7) is 2.44. The number of rotatable bonds is 10. The molecule has 1 unspecified atom stereocenters. The zero-order chi connectivity index (χ0) is 26.4. The van der Waals surface area contributed by atoms with Crippen LogP contribution in [0.3, 0.4) is 0 Å². The highest BCUT2D eigenvalue weighted by Gasteiger charge is 2.47. The van der Waals surface area contributed by atoms with Crippen molar-refractivity contribution >= 4 is 35.2 Å². The first kappa shape index (κ1) is 26.6. The highest BCUT2D eigenvalue weighted by Crippen LogP contribution is 2.35. The molecule has 0 saturated carbocycles. The number of allylic oxidation sites excluding steroid dienone is 2. The van der Waals surface area contributed by atoms with E-state index in [0.29, 0.717) is 30.8 Å². The summed E-state index contributed by atoms with van der Waals surface area (Å²) in [6, 6.07) is 15.9. The SMILES string of the molecule is CCNC(=O)C(Cc1ccccc1)N(Cc1cccc(Cl)c1)C(=O)CCN1C(=O)[C@H]2CC=CC[C@H]2C1=O. The van der Waals surface area contributed by atoms with Crippen molar-refractivity contribution in [1.29, 1.82) is 0 Å². The van der Waals surface area contributed by atoms with Gasteiger partial charge >= 0.3 is 0 Å². The number of benzene rings is 2. The molecule has 1 fully saturated rings. The van der Waals surface area contributed by atoms with E-state index >= 15 is 0 Å². The average molecular weight is 522 g/mol. The molecule has 3 atom stereocenters. The van der Waals surface area contributed by atoms with Crippen LogP contribution in [0.15, 0.2) is 66.7 Å². The van der Waals surface area contributed by atoms with Gasteiger partial charge in [-0.25, -0.2) is 0 Å². The van der Waals surface area contributed by atoms with E-state index in [1.165, 1.54) is 4.90 Å². The summed E-state index contributed by atoms with van der Waals surface area (Å²) in [6.07, 6.45) is 5.25. The lowest BCUT2D eigenvalue weighted by Crippen LogP contribution is -2.51. The smallest absolute Gasteiger partial charge is 0.243 e. The second-order valence-electron chi connectivity index (χ2n) is 9.49. The number of nitrogens with one attached hydrogen (secondary N) is 1. The number of amides is 4. The van der Waals surface area contributed by atoms with Crippen molar-refractivity contribution < 1.29 is 19.2 Å². The summed E-state index contributed by atoms with van der Waals surface area (Å²) in [5.41, 5.74) is 1.71. The van der Waals surface area contributed by atoms with E-state index in [1.54, 1.807) is 23.1 Å². The van der Waals surface area contributed by atoms with Crippen LogP contribution in [0.1, 0.15) is 37.3 Å². The van der Waals surface area contributed by atoms with Gasteiger partial charge in [0.2, 0.25) is 23.6 Å². The third-order valence-electron chi connectivity index (χ3n) is 7.01. The van der Waals surface area contributed by atoms with Crippen molar-refractivity contribution in [2.75, 3.05) is 13.1 Å². The molecule has 0 radical (unpaired) electrons. The fourth-order valence-electron chi connectivity index (χ4n) is 5.12. The molecule has 0 aromatic heterocycles. The Bertz CT molecular complexity index is 1160. The van der Waals surface area contributed by atoms with E-state index in [1.807, 2.05) is 55.5 Å². The van der Waals surface area contributed by atoms with Crippen molar-refractivity contribution in [1.82, 2.24) is 15.1 Å². The number of halogens is 1. The largest absolute Gasteiger partial charge is 0.355 e. The molecular weight excluding hydrogens is 490 g/mol. The Kier molecular flexibility index (Phi) is 8.77. The second kappa shape index (κ2) is 12.2. The first-order valence-electron chi connectivity index (χ1n) is 12.7. The number of imide groups is 1. The van der Waals surface area contributed by atoms with Gasteiger partial charge in [-0.2, -0.15) is 0 Å². The van der Waals surface area contributed by atoms with Crippen LogP contribution in [0.4, 0.5) is 0 Å². The summed E-state index contributed by atoms with van der Waals surface area (Å²) in [5, 5.41) is 3.39. The van der Waals surface area contributed by atoms with E-state index in [2.05, 4.69) is 5.32 Å². The van der Waals surface area contributed by atoms with Crippen molar-refractivity contribution in [2.24, 2.45) is 11.8 Å². The van der Waals surface area contributed by atoms with Gasteiger partial charge in [0.15, 0.2) is 0 Å². The minimum absolute atomic E-state index is 0.00298. The first-order chi connectivity index (χ1) is 17.9. The summed E-state index contributed by atoms with van der Waals surface area (Å²) >= 11 is 6.20. The van der Waals surface area contributed by atoms with E-state index < -0.39 is 6.04 Å². The van der Waals surface area contributed by atoms with Gasteiger partial charge in [0.05, 0.1) is 11.8 Å². The van der Waals surface area contributed by atoms with Crippen LogP contribution in [-0.2, 0) is 32.1 Å². The molecule has 0 spiro atoms. The lowest BCUT2D eigenvalue weighted by atomic mass is 9.85. The molecule has 1 saturated heterocycles. The molecule has 2 aliphatic rings. The Morgan fingerprint density at radius 3 is 2.27 bits per heavy atom. The van der Waals surface area contributed by atoms with Crippen LogP contribution in [-0.4, -0.2) is 52.6 Å². The molecular formula is C29H32ClN3O4. The Hall–Kier alpha value is -3.45. The van der Waals surface area contributed by atoms with E-state index in [9.17, 15) is 19.2 Å². The number of nitrogens with zero attached hydrogens (tertiary/aromatic N) is 2. The van der Waals surface area contributed by atoms with Gasteiger partial charge in [0, 0.05) is 37.5 Å². The maximum atomic E-state index is 13.7. The topological polar surface area (TPSA) is 86.8 Å². The maximum absolute atomic E-state index is 13.7. The molecule has 1 aliphatic carbocycles. The number of hydrogen-bond acceptors (Lipinski definition) is 4. The van der Waals surface area contributed by atoms with Gasteiger partial charge in [-0.1, -0.05) is 66.2 Å². The van der Waals surface area contributed by atoms with Gasteiger partial charge < -0.3 is 10.2 Å². The van der Waals surface area contributed by atoms with E-state index in [-0.39, 0.29) is 55.0 Å². The number of likely N-dealkylation sites (tertiary alicyclic amines) is 1. The van der Waals surface area contributed by atoms with Crippen LogP contribution in [0.25, 0.3) is 0 Å². The Labute approximate surface area is 222 Å². The lowest BCUT2D eigenvalue weighted by Gasteiger charge is -2.32. The van der Waals surface area contributed by atoms with Crippen LogP contribution >= 0.6 is 11.6 Å². The molecule has 4 amide bonds. The summed E-state index contributed by atoms with van der Waals surface area (Å²) < 4.78 is 0. The van der Waals surface area contributed by atoms with Crippen LogP contribution in [0.2, 0.25) is 5.02 Å². The molecule has 37 heavy (non-hydrogen) atoms. The van der Waals surface area contributed by atoms with Crippen LogP contribution in [0.5, 0.6) is 0 Å². The fraction of sp³-hybridized carbons (Fsp3) is 0.379. The predicted octanol–water partition coefficient (Wildman–Crippen LogP) is 3.76. The zero-order valence-corrected chi connectivity index (χ0v) is 21.7. The monoisotopic (exact) mass is 521 g/mol. The lowest BCUT2D eigenvalue weighted by molar-refractivity contribution is -0.144. The van der Waals surface area contributed by atoms with Gasteiger partial charge in [0.25, 0.3) is 0 Å². The molecule has 1 N–H and O–H groups in total. The molecule has 1 aliphatic heterocycles. The summed E-state index contributed by atoms with van der Waals surface area (Å²) in [4.78, 5) is 55.5. The Balaban J connectivity index is 1.57. The van der Waals surface area contributed by atoms with Crippen molar-refractivity contribution in [3.05, 3.63) is 82.9 Å². The molecule has 4 rings (SSSR count). The Morgan fingerprint density at radius 2 is 1.65 bits per heavy atom. The van der Waals surface area contributed by atoms with Crippen LogP contribution in [0, 0.1) is 11.8 Å². The molecule has 2 aromatic rings. The molecule has 2 aromatic carbocycles. The zero-order valence-electron chi connectivity index (χ0n) is 20.9. The van der Waals surface area contributed by atoms with Gasteiger partial charge in [-0.05, 0) is 43.0 Å². The molecule has 8 heteroatoms. The number of carbonyl (C=O) groups excluding carboxylic acids is 4. The third kappa shape index (κ3) is 6.28. The number of likely N-dealkylation sites (N-methyl/N-ethyl adjacent to an activating group) is 1. The maximum Gasteiger partial charge on any atom is 0.243 e. The normalized spacial score (nSPS) is 19.5. The average Bonchev–Trinajstić information content (AvgIpc) is 3.14. The summed E-state index contributed by atoms with van der Waals surface area (Å²) in [7, 11) is 0. The highest BCUT2D eigenvalue weighted by molar-refractivity contribution is 6.30. The highest BCUT2D eigenvalue weighted by atomic mass is 35.5. The molecule has 1 heterocycles. The van der Waals surface area contributed by atoms with E-state index in [4.69, 9.17) is 11.6 Å². The number of fused-ring (bicyclic) bond motifs is 1. The Morgan fingerprint density at radius 1 is 1.00 bits per heavy atom. The summed E-state index contributed by atoms with van der Waals surface area (Å²) in [5.74, 6) is -1.66.